The minimum Gasteiger partial charge on any atom is -0.347 e. The Hall–Kier alpha value is -1.76. The molecule has 0 atom stereocenters. The quantitative estimate of drug-likeness (QED) is 0.651. The number of rotatable bonds is 8. The lowest BCUT2D eigenvalue weighted by Gasteiger charge is -2.02. The van der Waals surface area contributed by atoms with E-state index in [0.29, 0.717) is 13.0 Å². The van der Waals surface area contributed by atoms with E-state index in [0.717, 1.165) is 12.2 Å². The molecule has 1 rings (SSSR count). The van der Waals surface area contributed by atoms with Crippen molar-refractivity contribution < 1.29 is 9.59 Å². The van der Waals surface area contributed by atoms with Crippen LogP contribution in [0.5, 0.6) is 0 Å². The van der Waals surface area contributed by atoms with Gasteiger partial charge in [0, 0.05) is 13.0 Å². The van der Waals surface area contributed by atoms with Crippen LogP contribution < -0.4 is 10.6 Å². The molecule has 7 heteroatoms. The molecule has 1 aromatic rings. The fourth-order valence-electron chi connectivity index (χ4n) is 1.28. The van der Waals surface area contributed by atoms with E-state index in [9.17, 15) is 9.59 Å². The highest BCUT2D eigenvalue weighted by atomic mass is 16.2. The molecule has 0 aliphatic rings. The van der Waals surface area contributed by atoms with E-state index < -0.39 is 0 Å². The number of carbonyl (C=O) groups excluding carboxylic acids is 2. The molecule has 0 spiro atoms. The van der Waals surface area contributed by atoms with Crippen molar-refractivity contribution in [1.29, 1.82) is 0 Å². The number of Topliss-reactive ketones (excluding diaryl/α,β-unsaturated/α-hetero) is 1. The highest BCUT2D eigenvalue weighted by molar-refractivity contribution is 5.85. The molecule has 0 unspecified atom stereocenters. The molecule has 0 aliphatic heterocycles. The Kier molecular flexibility index (Phi) is 5.99. The summed E-state index contributed by atoms with van der Waals surface area (Å²) in [4.78, 5) is 22.5. The third kappa shape index (κ3) is 5.05. The third-order valence-electron chi connectivity index (χ3n) is 2.32. The van der Waals surface area contributed by atoms with Gasteiger partial charge in [-0.2, -0.15) is 0 Å². The van der Waals surface area contributed by atoms with Crippen LogP contribution in [0.15, 0.2) is 6.20 Å². The standard InChI is InChI=1S/C11H19N5O2/c1-3-10(17)6-13-11(18)8-16-7-9(14-15-16)5-12-4-2/h7,12H,3-6,8H2,1-2H3,(H,13,18). The zero-order chi connectivity index (χ0) is 13.4. The molecule has 100 valence electrons. The molecule has 0 radical (unpaired) electrons. The number of nitrogens with one attached hydrogen (secondary N) is 2. The van der Waals surface area contributed by atoms with Crippen LogP contribution in [0.1, 0.15) is 26.0 Å². The molecular weight excluding hydrogens is 234 g/mol. The van der Waals surface area contributed by atoms with Gasteiger partial charge in [-0.1, -0.05) is 19.1 Å². The molecule has 7 nitrogen and oxygen atoms in total. The summed E-state index contributed by atoms with van der Waals surface area (Å²) < 4.78 is 1.46. The van der Waals surface area contributed by atoms with E-state index in [4.69, 9.17) is 0 Å². The van der Waals surface area contributed by atoms with Crippen molar-refractivity contribution in [3.8, 4) is 0 Å². The summed E-state index contributed by atoms with van der Waals surface area (Å²) >= 11 is 0. The SMILES string of the molecule is CCNCc1cn(CC(=O)NCC(=O)CC)nn1. The van der Waals surface area contributed by atoms with E-state index >= 15 is 0 Å². The fraction of sp³-hybridized carbons (Fsp3) is 0.636. The lowest BCUT2D eigenvalue weighted by Crippen LogP contribution is -2.32. The maximum Gasteiger partial charge on any atom is 0.242 e. The number of carbonyl (C=O) groups is 2. The largest absolute Gasteiger partial charge is 0.347 e. The van der Waals surface area contributed by atoms with Crippen molar-refractivity contribution in [3.05, 3.63) is 11.9 Å². The Morgan fingerprint density at radius 3 is 2.83 bits per heavy atom. The fourth-order valence-corrected chi connectivity index (χ4v) is 1.28. The Morgan fingerprint density at radius 2 is 2.17 bits per heavy atom. The van der Waals surface area contributed by atoms with Gasteiger partial charge in [0.1, 0.15) is 6.54 Å². The highest BCUT2D eigenvalue weighted by Crippen LogP contribution is 1.92. The maximum absolute atomic E-state index is 11.5. The first-order valence-electron chi connectivity index (χ1n) is 6.03. The highest BCUT2D eigenvalue weighted by Gasteiger charge is 2.07. The van der Waals surface area contributed by atoms with Crippen LogP contribution in [0.4, 0.5) is 0 Å². The summed E-state index contributed by atoms with van der Waals surface area (Å²) in [5, 5.41) is 13.4. The van der Waals surface area contributed by atoms with Crippen LogP contribution in [-0.4, -0.2) is 39.8 Å². The summed E-state index contributed by atoms with van der Waals surface area (Å²) in [6.45, 7) is 5.41. The summed E-state index contributed by atoms with van der Waals surface area (Å²) in [6, 6.07) is 0. The van der Waals surface area contributed by atoms with Gasteiger partial charge < -0.3 is 10.6 Å². The predicted molar refractivity (Wildman–Crippen MR) is 65.7 cm³/mol. The molecule has 2 N–H and O–H groups in total. The minimum absolute atomic E-state index is 0.00905. The first-order chi connectivity index (χ1) is 8.65. The van der Waals surface area contributed by atoms with Gasteiger partial charge in [0.25, 0.3) is 0 Å². The number of hydrogen-bond donors (Lipinski definition) is 2. The van der Waals surface area contributed by atoms with Crippen LogP contribution in [0, 0.1) is 0 Å². The molecule has 18 heavy (non-hydrogen) atoms. The van der Waals surface area contributed by atoms with Crippen LogP contribution in [0.25, 0.3) is 0 Å². The maximum atomic E-state index is 11.5. The van der Waals surface area contributed by atoms with Crippen LogP contribution >= 0.6 is 0 Å². The third-order valence-corrected chi connectivity index (χ3v) is 2.32. The van der Waals surface area contributed by atoms with E-state index in [1.54, 1.807) is 13.1 Å². The monoisotopic (exact) mass is 253 g/mol. The molecule has 0 fully saturated rings. The number of ketones is 1. The van der Waals surface area contributed by atoms with Gasteiger partial charge in [-0.05, 0) is 6.54 Å². The molecule has 0 saturated carbocycles. The minimum atomic E-state index is -0.239. The lowest BCUT2D eigenvalue weighted by molar-refractivity contribution is -0.125. The second-order valence-electron chi connectivity index (χ2n) is 3.86. The van der Waals surface area contributed by atoms with E-state index in [2.05, 4.69) is 20.9 Å². The number of amides is 1. The first-order valence-corrected chi connectivity index (χ1v) is 6.03. The van der Waals surface area contributed by atoms with Crippen molar-refractivity contribution in [1.82, 2.24) is 25.6 Å². The molecule has 1 heterocycles. The van der Waals surface area contributed by atoms with Crippen molar-refractivity contribution in [3.63, 3.8) is 0 Å². The first kappa shape index (κ1) is 14.3. The molecule has 0 bridgehead atoms. The van der Waals surface area contributed by atoms with E-state index in [1.807, 2.05) is 6.92 Å². The summed E-state index contributed by atoms with van der Waals surface area (Å²) in [5.41, 5.74) is 0.786. The van der Waals surface area contributed by atoms with Gasteiger partial charge in [-0.3, -0.25) is 9.59 Å². The molecule has 1 amide bonds. The Labute approximate surface area is 106 Å². The smallest absolute Gasteiger partial charge is 0.242 e. The molecular formula is C11H19N5O2. The van der Waals surface area contributed by atoms with Crippen molar-refractivity contribution >= 4 is 11.7 Å². The topological polar surface area (TPSA) is 88.9 Å². The zero-order valence-corrected chi connectivity index (χ0v) is 10.8. The lowest BCUT2D eigenvalue weighted by atomic mass is 10.3. The average molecular weight is 253 g/mol. The van der Waals surface area contributed by atoms with Crippen molar-refractivity contribution in [2.24, 2.45) is 0 Å². The molecule has 0 saturated heterocycles. The number of aromatic nitrogens is 3. The van der Waals surface area contributed by atoms with Gasteiger partial charge in [-0.25, -0.2) is 4.68 Å². The Morgan fingerprint density at radius 1 is 1.39 bits per heavy atom. The van der Waals surface area contributed by atoms with Crippen LogP contribution in [0.3, 0.4) is 0 Å². The van der Waals surface area contributed by atoms with E-state index in [-0.39, 0.29) is 24.8 Å². The summed E-state index contributed by atoms with van der Waals surface area (Å²) in [5.74, 6) is -0.230. The second-order valence-corrected chi connectivity index (χ2v) is 3.86. The normalized spacial score (nSPS) is 10.3. The van der Waals surface area contributed by atoms with Gasteiger partial charge in [0.2, 0.25) is 5.91 Å². The number of hydrogen-bond acceptors (Lipinski definition) is 5. The average Bonchev–Trinajstić information content (AvgIpc) is 2.81. The van der Waals surface area contributed by atoms with Gasteiger partial charge in [0.15, 0.2) is 5.78 Å². The van der Waals surface area contributed by atoms with Crippen molar-refractivity contribution in [2.45, 2.75) is 33.4 Å². The Bertz CT molecular complexity index is 402. The van der Waals surface area contributed by atoms with Crippen LogP contribution in [-0.2, 0) is 22.7 Å². The predicted octanol–water partition coefficient (Wildman–Crippen LogP) is -0.517. The zero-order valence-electron chi connectivity index (χ0n) is 10.8. The van der Waals surface area contributed by atoms with Crippen molar-refractivity contribution in [2.75, 3.05) is 13.1 Å². The number of nitrogens with zero attached hydrogens (tertiary/aromatic N) is 3. The second kappa shape index (κ2) is 7.54. The summed E-state index contributed by atoms with van der Waals surface area (Å²) in [6.07, 6.45) is 2.14. The van der Waals surface area contributed by atoms with Gasteiger partial charge >= 0.3 is 0 Å². The van der Waals surface area contributed by atoms with Crippen LogP contribution in [0.2, 0.25) is 0 Å². The van der Waals surface area contributed by atoms with Gasteiger partial charge in [-0.15, -0.1) is 5.10 Å². The Balaban J connectivity index is 2.35. The molecule has 0 aromatic carbocycles. The molecule has 1 aromatic heterocycles. The molecule has 0 aliphatic carbocycles. The van der Waals surface area contributed by atoms with Gasteiger partial charge in [0.05, 0.1) is 18.4 Å². The van der Waals surface area contributed by atoms with E-state index in [1.165, 1.54) is 4.68 Å². The summed E-state index contributed by atoms with van der Waals surface area (Å²) in [7, 11) is 0.